The summed E-state index contributed by atoms with van der Waals surface area (Å²) >= 11 is 0. The maximum atomic E-state index is 10.2. The summed E-state index contributed by atoms with van der Waals surface area (Å²) in [6, 6.07) is 0. The molecule has 0 amide bonds. The lowest BCUT2D eigenvalue weighted by Crippen LogP contribution is -2.04. The van der Waals surface area contributed by atoms with Gasteiger partial charge in [0.2, 0.25) is 0 Å². The first kappa shape index (κ1) is 9.73. The van der Waals surface area contributed by atoms with Crippen molar-refractivity contribution in [1.29, 1.82) is 0 Å². The highest BCUT2D eigenvalue weighted by Crippen LogP contribution is 2.43. The highest BCUT2D eigenvalue weighted by Gasteiger charge is 2.30. The van der Waals surface area contributed by atoms with Gasteiger partial charge in [-0.1, -0.05) is 0 Å². The molecule has 0 aromatic rings. The predicted molar refractivity (Wildman–Crippen MR) is 28.0 cm³/mol. The van der Waals surface area contributed by atoms with Crippen LogP contribution < -0.4 is 0 Å². The first-order valence-corrected chi connectivity index (χ1v) is 3.51. The Bertz CT molecular complexity index is 198. The molecule has 8 nitrogen and oxygen atoms in total. The van der Waals surface area contributed by atoms with Crippen LogP contribution in [-0.2, 0) is 13.6 Å². The van der Waals surface area contributed by atoms with Gasteiger partial charge in [-0.2, -0.15) is 0 Å². The summed E-state index contributed by atoms with van der Waals surface area (Å²) in [7, 11) is -5.00. The highest BCUT2D eigenvalue weighted by molar-refractivity contribution is 7.48. The first-order valence-electron chi connectivity index (χ1n) is 2.01. The fraction of sp³-hybridized carbons (Fsp3) is 0. The molecule has 0 heterocycles. The lowest BCUT2D eigenvalue weighted by Gasteiger charge is -2.04. The van der Waals surface area contributed by atoms with E-state index in [0.717, 1.165) is 0 Å². The van der Waals surface area contributed by atoms with Crippen LogP contribution in [0.5, 0.6) is 0 Å². The Morgan fingerprint density at radius 1 is 1.09 bits per heavy atom. The third-order valence-corrected chi connectivity index (χ3v) is 1.16. The van der Waals surface area contributed by atoms with Gasteiger partial charge in [0.25, 0.3) is 0 Å². The van der Waals surface area contributed by atoms with Gasteiger partial charge in [-0.05, 0) is 0 Å². The standard InChI is InChI=1S/C2H3O8P/c3-1(4)9-11(7,8)10-2(5)6/h(H,3,4)(H,5,6)(H,7,8). The number of rotatable bonds is 2. The molecule has 0 aromatic carbocycles. The summed E-state index contributed by atoms with van der Waals surface area (Å²) in [5.74, 6) is 0. The van der Waals surface area contributed by atoms with Crippen molar-refractivity contribution in [1.82, 2.24) is 0 Å². The number of phosphoric ester groups is 1. The van der Waals surface area contributed by atoms with Crippen molar-refractivity contribution in [3.05, 3.63) is 0 Å². The minimum Gasteiger partial charge on any atom is -0.449 e. The van der Waals surface area contributed by atoms with Crippen LogP contribution in [-0.4, -0.2) is 27.4 Å². The van der Waals surface area contributed by atoms with Crippen molar-refractivity contribution in [2.45, 2.75) is 0 Å². The molecular weight excluding hydrogens is 183 g/mol. The predicted octanol–water partition coefficient (Wildman–Crippen LogP) is 0.476. The van der Waals surface area contributed by atoms with E-state index in [1.54, 1.807) is 0 Å². The summed E-state index contributed by atoms with van der Waals surface area (Å²) in [5.41, 5.74) is 0. The van der Waals surface area contributed by atoms with Gasteiger partial charge in [0.05, 0.1) is 0 Å². The Balaban J connectivity index is 4.12. The second-order valence-corrected chi connectivity index (χ2v) is 2.49. The van der Waals surface area contributed by atoms with Crippen LogP contribution in [0, 0.1) is 0 Å². The van der Waals surface area contributed by atoms with Crippen LogP contribution in [0.15, 0.2) is 0 Å². The zero-order chi connectivity index (χ0) is 9.07. The zero-order valence-corrected chi connectivity index (χ0v) is 5.72. The molecule has 11 heavy (non-hydrogen) atoms. The third-order valence-electron chi connectivity index (χ3n) is 0.387. The molecule has 0 spiro atoms. The summed E-state index contributed by atoms with van der Waals surface area (Å²) < 4.78 is 16.5. The van der Waals surface area contributed by atoms with Crippen LogP contribution in [0.25, 0.3) is 0 Å². The van der Waals surface area contributed by atoms with E-state index >= 15 is 0 Å². The van der Waals surface area contributed by atoms with Crippen molar-refractivity contribution in [2.24, 2.45) is 0 Å². The van der Waals surface area contributed by atoms with E-state index in [0.29, 0.717) is 0 Å². The minimum absolute atomic E-state index is 2.10. The second-order valence-electron chi connectivity index (χ2n) is 1.18. The smallest absolute Gasteiger partial charge is 0.449 e. The molecule has 0 radical (unpaired) electrons. The van der Waals surface area contributed by atoms with Crippen molar-refractivity contribution >= 4 is 20.1 Å². The molecule has 0 aliphatic carbocycles. The van der Waals surface area contributed by atoms with E-state index in [2.05, 4.69) is 9.05 Å². The van der Waals surface area contributed by atoms with Crippen molar-refractivity contribution in [3.8, 4) is 0 Å². The van der Waals surface area contributed by atoms with Gasteiger partial charge in [0, 0.05) is 0 Å². The molecule has 0 saturated heterocycles. The van der Waals surface area contributed by atoms with Crippen LogP contribution in [0.4, 0.5) is 9.59 Å². The third kappa shape index (κ3) is 5.19. The van der Waals surface area contributed by atoms with Gasteiger partial charge in [-0.15, -0.1) is 0 Å². The molecular formula is C2H3O8P. The van der Waals surface area contributed by atoms with Gasteiger partial charge < -0.3 is 19.3 Å². The number of hydrogen-bond acceptors (Lipinski definition) is 5. The first-order chi connectivity index (χ1) is 4.83. The molecule has 0 saturated carbocycles. The van der Waals surface area contributed by atoms with Crippen molar-refractivity contribution in [2.75, 3.05) is 0 Å². The molecule has 3 N–H and O–H groups in total. The Morgan fingerprint density at radius 3 is 1.55 bits per heavy atom. The fourth-order valence-electron chi connectivity index (χ4n) is 0.216. The fourth-order valence-corrected chi connectivity index (χ4v) is 0.648. The summed E-state index contributed by atoms with van der Waals surface area (Å²) in [6.45, 7) is 0. The number of carbonyl (C=O) groups is 2. The molecule has 0 aliphatic heterocycles. The lowest BCUT2D eigenvalue weighted by atomic mass is 11.5. The molecule has 0 atom stereocenters. The maximum absolute atomic E-state index is 10.2. The lowest BCUT2D eigenvalue weighted by molar-refractivity contribution is 0.102. The van der Waals surface area contributed by atoms with E-state index in [1.165, 1.54) is 0 Å². The Morgan fingerprint density at radius 2 is 1.36 bits per heavy atom. The van der Waals surface area contributed by atoms with Crippen LogP contribution in [0.2, 0.25) is 0 Å². The van der Waals surface area contributed by atoms with Gasteiger partial charge >= 0.3 is 20.1 Å². The van der Waals surface area contributed by atoms with Crippen molar-refractivity contribution < 1.29 is 38.3 Å². The second kappa shape index (κ2) is 3.22. The monoisotopic (exact) mass is 186 g/mol. The summed E-state index contributed by atoms with van der Waals surface area (Å²) in [4.78, 5) is 27.3. The maximum Gasteiger partial charge on any atom is 0.594 e. The van der Waals surface area contributed by atoms with E-state index in [4.69, 9.17) is 15.1 Å². The van der Waals surface area contributed by atoms with Crippen LogP contribution >= 0.6 is 7.82 Å². The van der Waals surface area contributed by atoms with E-state index < -0.39 is 20.1 Å². The van der Waals surface area contributed by atoms with Crippen molar-refractivity contribution in [3.63, 3.8) is 0 Å². The van der Waals surface area contributed by atoms with Crippen LogP contribution in [0.1, 0.15) is 0 Å². The summed E-state index contributed by atoms with van der Waals surface area (Å²) in [6.07, 6.45) is -4.20. The molecule has 0 aromatic heterocycles. The molecule has 0 fully saturated rings. The van der Waals surface area contributed by atoms with Gasteiger partial charge in [0.1, 0.15) is 0 Å². The Labute approximate surface area is 59.6 Å². The highest BCUT2D eigenvalue weighted by atomic mass is 31.2. The van der Waals surface area contributed by atoms with E-state index in [9.17, 15) is 14.2 Å². The SMILES string of the molecule is O=C(O)OP(=O)(O)OC(=O)O. The molecule has 64 valence electrons. The molecule has 0 unspecified atom stereocenters. The Kier molecular flexibility index (Phi) is 2.85. The normalized spacial score (nSPS) is 10.3. The van der Waals surface area contributed by atoms with E-state index in [1.807, 2.05) is 0 Å². The molecule has 9 heteroatoms. The number of hydrogen-bond donors (Lipinski definition) is 3. The molecule has 0 aliphatic rings. The van der Waals surface area contributed by atoms with Gasteiger partial charge in [-0.3, -0.25) is 4.89 Å². The van der Waals surface area contributed by atoms with Crippen LogP contribution in [0.3, 0.4) is 0 Å². The topological polar surface area (TPSA) is 130 Å². The average Bonchev–Trinajstić information content (AvgIpc) is 1.53. The zero-order valence-electron chi connectivity index (χ0n) is 4.83. The summed E-state index contributed by atoms with van der Waals surface area (Å²) in [5, 5.41) is 15.5. The van der Waals surface area contributed by atoms with E-state index in [-0.39, 0.29) is 0 Å². The Hall–Kier alpha value is -1.27. The minimum atomic E-state index is -5.00. The number of phosphoric acid groups is 1. The van der Waals surface area contributed by atoms with Gasteiger partial charge in [-0.25, -0.2) is 14.2 Å². The largest absolute Gasteiger partial charge is 0.594 e. The molecule has 0 bridgehead atoms. The average molecular weight is 186 g/mol. The molecule has 0 rings (SSSR count). The quantitative estimate of drug-likeness (QED) is 0.530. The number of carboxylic acid groups (broad SMARTS) is 2. The van der Waals surface area contributed by atoms with Gasteiger partial charge in [0.15, 0.2) is 0 Å².